The van der Waals surface area contributed by atoms with Gasteiger partial charge < -0.3 is 9.84 Å². The number of hydrogen-bond acceptors (Lipinski definition) is 6. The van der Waals surface area contributed by atoms with Gasteiger partial charge in [-0.1, -0.05) is 17.4 Å². The summed E-state index contributed by atoms with van der Waals surface area (Å²) < 4.78 is 46.5. The molecule has 3 aliphatic rings. The Morgan fingerprint density at radius 3 is 2.59 bits per heavy atom. The van der Waals surface area contributed by atoms with Crippen LogP contribution in [0.5, 0.6) is 0 Å². The summed E-state index contributed by atoms with van der Waals surface area (Å²) in [5.74, 6) is -2.96. The molecule has 0 spiro atoms. The zero-order valence-corrected chi connectivity index (χ0v) is 19.0. The second-order valence-electron chi connectivity index (χ2n) is 9.67. The lowest BCUT2D eigenvalue weighted by Crippen LogP contribution is -2.52. The average Bonchev–Trinajstić information content (AvgIpc) is 3.42. The third kappa shape index (κ3) is 3.82. The van der Waals surface area contributed by atoms with E-state index < -0.39 is 12.1 Å². The largest absolute Gasteiger partial charge is 0.506 e. The van der Waals surface area contributed by atoms with Crippen LogP contribution >= 0.6 is 11.3 Å². The Morgan fingerprint density at radius 1 is 1.18 bits per heavy atom. The molecule has 2 aromatic heterocycles. The number of fused-ring (bicyclic) bond motifs is 1. The van der Waals surface area contributed by atoms with Gasteiger partial charge in [-0.15, -0.1) is 0 Å². The van der Waals surface area contributed by atoms with Crippen molar-refractivity contribution in [1.29, 1.82) is 0 Å². The van der Waals surface area contributed by atoms with Gasteiger partial charge in [0.1, 0.15) is 27.3 Å². The third-order valence-corrected chi connectivity index (χ3v) is 8.29. The molecule has 0 amide bonds. The maximum absolute atomic E-state index is 15.0. The van der Waals surface area contributed by atoms with Crippen LogP contribution in [0.3, 0.4) is 0 Å². The number of ether oxygens (including phenoxy) is 1. The summed E-state index contributed by atoms with van der Waals surface area (Å²) in [7, 11) is 0. The van der Waals surface area contributed by atoms with E-state index in [1.165, 1.54) is 17.4 Å². The van der Waals surface area contributed by atoms with Crippen molar-refractivity contribution in [3.05, 3.63) is 47.4 Å². The van der Waals surface area contributed by atoms with Gasteiger partial charge in [-0.25, -0.2) is 27.9 Å². The van der Waals surface area contributed by atoms with E-state index in [2.05, 4.69) is 4.98 Å². The first-order valence-corrected chi connectivity index (χ1v) is 12.1. The summed E-state index contributed by atoms with van der Waals surface area (Å²) >= 11 is 1.31. The molecular weight excluding hydrogens is 467 g/mol. The monoisotopic (exact) mass is 489 g/mol. The van der Waals surface area contributed by atoms with Crippen molar-refractivity contribution >= 4 is 27.8 Å². The van der Waals surface area contributed by atoms with Crippen LogP contribution in [0.2, 0.25) is 0 Å². The number of carboxylic acid groups (broad SMARTS) is 1. The molecule has 6 nitrogen and oxygen atoms in total. The molecule has 1 aromatic carbocycles. The minimum absolute atomic E-state index is 0.0257. The van der Waals surface area contributed by atoms with Crippen LogP contribution in [0.25, 0.3) is 20.9 Å². The van der Waals surface area contributed by atoms with E-state index in [1.54, 1.807) is 6.07 Å². The lowest BCUT2D eigenvalue weighted by Gasteiger charge is -2.40. The molecule has 10 heteroatoms. The number of aromatic nitrogens is 2. The van der Waals surface area contributed by atoms with Crippen LogP contribution in [-0.4, -0.2) is 51.2 Å². The number of halogens is 3. The fourth-order valence-electron chi connectivity index (χ4n) is 5.23. The maximum Gasteiger partial charge on any atom is 0.506 e. The molecule has 0 bridgehead atoms. The van der Waals surface area contributed by atoms with Crippen LogP contribution < -0.4 is 0 Å². The van der Waals surface area contributed by atoms with Crippen molar-refractivity contribution in [2.75, 3.05) is 13.1 Å². The highest BCUT2D eigenvalue weighted by Gasteiger charge is 2.61. The Kier molecular flexibility index (Phi) is 4.90. The standard InChI is InChI=1S/C24H22F3N3O3S/c25-17-7-13(10-30-11-15(12-30)33-22(31)32)1-2-16(17)20-28-18-3-4-19(29-21(18)34-20)23(5-6-23)14-8-24(26,27)9-14/h1-4,7,14-15H,5-6,8-12H2,(H,31,32). The van der Waals surface area contributed by atoms with Gasteiger partial charge in [-0.2, -0.15) is 0 Å². The average molecular weight is 490 g/mol. The molecule has 2 aliphatic carbocycles. The Hall–Kier alpha value is -2.72. The minimum atomic E-state index is -2.55. The van der Waals surface area contributed by atoms with E-state index in [4.69, 9.17) is 14.8 Å². The molecule has 0 unspecified atom stereocenters. The SMILES string of the molecule is O=C(O)OC1CN(Cc2ccc(-c3nc4ccc(C5(C6CC(F)(F)C6)CC5)nc4s3)c(F)c2)C1. The van der Waals surface area contributed by atoms with Crippen LogP contribution in [0.1, 0.15) is 36.9 Å². The number of carbonyl (C=O) groups is 1. The predicted molar refractivity (Wildman–Crippen MR) is 120 cm³/mol. The summed E-state index contributed by atoms with van der Waals surface area (Å²) in [6.07, 6.45) is 0.0143. The van der Waals surface area contributed by atoms with Crippen LogP contribution in [0.15, 0.2) is 30.3 Å². The highest BCUT2D eigenvalue weighted by atomic mass is 32.1. The lowest BCUT2D eigenvalue weighted by atomic mass is 9.69. The van der Waals surface area contributed by atoms with Crippen molar-refractivity contribution in [2.45, 2.75) is 49.7 Å². The molecule has 1 N–H and O–H groups in total. The zero-order valence-electron chi connectivity index (χ0n) is 18.1. The van der Waals surface area contributed by atoms with Crippen molar-refractivity contribution in [1.82, 2.24) is 14.9 Å². The summed E-state index contributed by atoms with van der Waals surface area (Å²) in [6.45, 7) is 1.48. The van der Waals surface area contributed by atoms with Crippen molar-refractivity contribution < 1.29 is 27.8 Å². The number of hydrogen-bond donors (Lipinski definition) is 1. The van der Waals surface area contributed by atoms with E-state index >= 15 is 0 Å². The molecule has 3 heterocycles. The maximum atomic E-state index is 15.0. The number of nitrogens with zero attached hydrogens (tertiary/aromatic N) is 3. The first-order chi connectivity index (χ1) is 16.2. The minimum Gasteiger partial charge on any atom is -0.450 e. The highest BCUT2D eigenvalue weighted by Crippen LogP contribution is 2.63. The molecule has 178 valence electrons. The number of pyridine rings is 1. The van der Waals surface area contributed by atoms with E-state index in [0.717, 1.165) is 24.1 Å². The van der Waals surface area contributed by atoms with Gasteiger partial charge >= 0.3 is 6.16 Å². The molecule has 1 aliphatic heterocycles. The highest BCUT2D eigenvalue weighted by molar-refractivity contribution is 7.21. The second kappa shape index (κ2) is 7.64. The Balaban J connectivity index is 1.18. The van der Waals surface area contributed by atoms with Gasteiger partial charge in [-0.3, -0.25) is 4.90 Å². The van der Waals surface area contributed by atoms with Gasteiger partial charge in [0.05, 0.1) is 0 Å². The summed E-state index contributed by atoms with van der Waals surface area (Å²) in [5, 5.41) is 9.17. The van der Waals surface area contributed by atoms with Crippen LogP contribution in [0, 0.1) is 11.7 Å². The van der Waals surface area contributed by atoms with E-state index in [-0.39, 0.29) is 36.1 Å². The van der Waals surface area contributed by atoms with Gasteiger partial charge in [-0.05, 0) is 48.6 Å². The van der Waals surface area contributed by atoms with E-state index in [9.17, 15) is 18.0 Å². The van der Waals surface area contributed by atoms with Crippen LogP contribution in [-0.2, 0) is 16.7 Å². The first-order valence-electron chi connectivity index (χ1n) is 11.3. The molecule has 1 saturated heterocycles. The van der Waals surface area contributed by atoms with E-state index in [0.29, 0.717) is 40.6 Å². The van der Waals surface area contributed by atoms with Crippen molar-refractivity contribution in [2.24, 2.45) is 5.92 Å². The number of likely N-dealkylation sites (tertiary alicyclic amines) is 1. The molecule has 2 saturated carbocycles. The topological polar surface area (TPSA) is 75.6 Å². The normalized spacial score (nSPS) is 21.7. The number of rotatable bonds is 6. The second-order valence-corrected chi connectivity index (χ2v) is 10.6. The summed E-state index contributed by atoms with van der Waals surface area (Å²) in [6, 6.07) is 8.77. The fraction of sp³-hybridized carbons (Fsp3) is 0.458. The third-order valence-electron chi connectivity index (χ3n) is 7.29. The van der Waals surface area contributed by atoms with Crippen molar-refractivity contribution in [3.8, 4) is 10.6 Å². The number of thiazole rings is 1. The Morgan fingerprint density at radius 2 is 1.94 bits per heavy atom. The lowest BCUT2D eigenvalue weighted by molar-refractivity contribution is -0.121. The van der Waals surface area contributed by atoms with Gasteiger partial charge in [0.2, 0.25) is 5.92 Å². The Labute approximate surface area is 197 Å². The molecule has 3 fully saturated rings. The number of alkyl halides is 2. The van der Waals surface area contributed by atoms with Gasteiger partial charge in [0.15, 0.2) is 0 Å². The first kappa shape index (κ1) is 21.8. The fourth-order valence-corrected chi connectivity index (χ4v) is 6.19. The predicted octanol–water partition coefficient (Wildman–Crippen LogP) is 5.45. The molecule has 0 atom stereocenters. The summed E-state index contributed by atoms with van der Waals surface area (Å²) in [4.78, 5) is 22.6. The number of benzene rings is 1. The molecular formula is C24H22F3N3O3S. The molecule has 34 heavy (non-hydrogen) atoms. The molecule has 0 radical (unpaired) electrons. The Bertz CT molecular complexity index is 1280. The van der Waals surface area contributed by atoms with Crippen molar-refractivity contribution in [3.63, 3.8) is 0 Å². The zero-order chi connectivity index (χ0) is 23.7. The van der Waals surface area contributed by atoms with Crippen LogP contribution in [0.4, 0.5) is 18.0 Å². The summed E-state index contributed by atoms with van der Waals surface area (Å²) in [5.41, 5.74) is 2.46. The van der Waals surface area contributed by atoms with E-state index in [1.807, 2.05) is 23.1 Å². The smallest absolute Gasteiger partial charge is 0.450 e. The quantitative estimate of drug-likeness (QED) is 0.464. The van der Waals surface area contributed by atoms with Gasteiger partial charge in [0, 0.05) is 49.1 Å². The van der Waals surface area contributed by atoms with Gasteiger partial charge in [0.25, 0.3) is 0 Å². The molecule has 6 rings (SSSR count). The molecule has 3 aromatic rings.